The van der Waals surface area contributed by atoms with E-state index in [1.54, 1.807) is 36.4 Å². The molecule has 0 aliphatic carbocycles. The molecule has 0 aliphatic rings. The number of alkyl halides is 3. The van der Waals surface area contributed by atoms with Gasteiger partial charge in [0.05, 0.1) is 14.2 Å². The van der Waals surface area contributed by atoms with Gasteiger partial charge >= 0.3 is 0 Å². The first-order valence-corrected chi connectivity index (χ1v) is 9.98. The van der Waals surface area contributed by atoms with Crippen LogP contribution in [0.15, 0.2) is 42.5 Å². The zero-order valence-electron chi connectivity index (χ0n) is 15.3. The molecule has 0 aromatic heterocycles. The number of anilines is 1. The molecule has 3 N–H and O–H groups in total. The normalized spacial score (nSPS) is 11.9. The average Bonchev–Trinajstić information content (AvgIpc) is 2.66. The third-order valence-electron chi connectivity index (χ3n) is 3.61. The zero-order valence-corrected chi connectivity index (χ0v) is 19.1. The number of nitrogens with one attached hydrogen (secondary N) is 3. The quantitative estimate of drug-likeness (QED) is 0.304. The van der Waals surface area contributed by atoms with Crippen LogP contribution in [0.5, 0.6) is 11.5 Å². The van der Waals surface area contributed by atoms with Crippen molar-refractivity contribution in [2.24, 2.45) is 0 Å². The molecule has 2 rings (SSSR count). The maximum Gasteiger partial charge on any atom is 0.253 e. The summed E-state index contributed by atoms with van der Waals surface area (Å²) in [7, 11) is 3.05. The Morgan fingerprint density at radius 3 is 2.31 bits per heavy atom. The summed E-state index contributed by atoms with van der Waals surface area (Å²) in [5.74, 6) is 0.572. The van der Waals surface area contributed by atoms with Gasteiger partial charge in [-0.2, -0.15) is 0 Å². The summed E-state index contributed by atoms with van der Waals surface area (Å²) in [6.07, 6.45) is -1.13. The minimum atomic E-state index is -1.89. The van der Waals surface area contributed by atoms with E-state index in [1.165, 1.54) is 20.3 Å². The number of ether oxygens (including phenoxy) is 2. The van der Waals surface area contributed by atoms with Gasteiger partial charge in [-0.3, -0.25) is 4.79 Å². The monoisotopic (exact) mass is 495 g/mol. The van der Waals surface area contributed by atoms with Gasteiger partial charge in [0.15, 0.2) is 16.6 Å². The Morgan fingerprint density at radius 1 is 1.03 bits per heavy atom. The largest absolute Gasteiger partial charge is 0.493 e. The van der Waals surface area contributed by atoms with Crippen molar-refractivity contribution in [3.05, 3.63) is 53.1 Å². The van der Waals surface area contributed by atoms with Crippen molar-refractivity contribution in [2.75, 3.05) is 19.5 Å². The van der Waals surface area contributed by atoms with Crippen LogP contribution in [-0.4, -0.2) is 35.2 Å². The lowest BCUT2D eigenvalue weighted by molar-refractivity contribution is 0.0934. The Balaban J connectivity index is 2.10. The number of halogens is 4. The first-order valence-electron chi connectivity index (χ1n) is 8.06. The maximum absolute atomic E-state index is 12.5. The van der Waals surface area contributed by atoms with Crippen LogP contribution < -0.4 is 25.4 Å². The molecule has 1 amide bonds. The van der Waals surface area contributed by atoms with Crippen LogP contribution in [-0.2, 0) is 0 Å². The van der Waals surface area contributed by atoms with Crippen LogP contribution in [0.3, 0.4) is 0 Å². The standard InChI is InChI=1S/C18H17Cl4N3O3S/c1-27-13-7-6-12(9-14(13)28-2)23-17(29)25-16(18(20,21)22)24-15(26)10-4-3-5-11(19)8-10/h3-9,16H,1-2H3,(H,24,26)(H2,23,25,29). The SMILES string of the molecule is COc1ccc(NC(=S)NC(NC(=O)c2cccc(Cl)c2)C(Cl)(Cl)Cl)cc1OC. The van der Waals surface area contributed by atoms with Gasteiger partial charge in [0.2, 0.25) is 3.79 Å². The van der Waals surface area contributed by atoms with Gasteiger partial charge in [-0.25, -0.2) is 0 Å². The van der Waals surface area contributed by atoms with Crippen molar-refractivity contribution in [3.8, 4) is 11.5 Å². The fourth-order valence-corrected chi connectivity index (χ4v) is 3.01. The summed E-state index contributed by atoms with van der Waals surface area (Å²) in [6, 6.07) is 11.5. The molecule has 0 saturated carbocycles. The van der Waals surface area contributed by atoms with Crippen molar-refractivity contribution < 1.29 is 14.3 Å². The van der Waals surface area contributed by atoms with Crippen LogP contribution in [0, 0.1) is 0 Å². The van der Waals surface area contributed by atoms with E-state index in [0.717, 1.165) is 0 Å². The smallest absolute Gasteiger partial charge is 0.253 e. The highest BCUT2D eigenvalue weighted by Gasteiger charge is 2.35. The van der Waals surface area contributed by atoms with Gasteiger partial charge in [-0.1, -0.05) is 52.5 Å². The molecule has 29 heavy (non-hydrogen) atoms. The third kappa shape index (κ3) is 6.97. The number of benzene rings is 2. The summed E-state index contributed by atoms with van der Waals surface area (Å²) in [5.41, 5.74) is 0.904. The van der Waals surface area contributed by atoms with Crippen LogP contribution in [0.2, 0.25) is 5.02 Å². The molecule has 0 aliphatic heterocycles. The predicted molar refractivity (Wildman–Crippen MR) is 122 cm³/mol. The van der Waals surface area contributed by atoms with Gasteiger partial charge in [0.25, 0.3) is 5.91 Å². The lowest BCUT2D eigenvalue weighted by Crippen LogP contribution is -2.56. The lowest BCUT2D eigenvalue weighted by atomic mass is 10.2. The highest BCUT2D eigenvalue weighted by atomic mass is 35.6. The number of carbonyl (C=O) groups excluding carboxylic acids is 1. The van der Waals surface area contributed by atoms with Crippen LogP contribution in [0.1, 0.15) is 10.4 Å². The minimum Gasteiger partial charge on any atom is -0.493 e. The maximum atomic E-state index is 12.5. The van der Waals surface area contributed by atoms with Gasteiger partial charge in [-0.15, -0.1) is 0 Å². The van der Waals surface area contributed by atoms with Crippen molar-refractivity contribution in [2.45, 2.75) is 9.96 Å². The Kier molecular flexibility index (Phi) is 8.48. The van der Waals surface area contributed by atoms with E-state index in [-0.39, 0.29) is 5.11 Å². The van der Waals surface area contributed by atoms with Crippen LogP contribution in [0.4, 0.5) is 5.69 Å². The van der Waals surface area contributed by atoms with E-state index >= 15 is 0 Å². The van der Waals surface area contributed by atoms with E-state index in [0.29, 0.717) is 27.8 Å². The minimum absolute atomic E-state index is 0.111. The summed E-state index contributed by atoms with van der Waals surface area (Å²) in [5, 5.41) is 8.80. The molecule has 1 unspecified atom stereocenters. The average molecular weight is 497 g/mol. The molecule has 0 heterocycles. The Labute approximate surface area is 193 Å². The van der Waals surface area contributed by atoms with Crippen molar-refractivity contribution in [3.63, 3.8) is 0 Å². The van der Waals surface area contributed by atoms with Gasteiger partial charge in [0, 0.05) is 22.3 Å². The molecule has 0 spiro atoms. The molecule has 2 aromatic carbocycles. The van der Waals surface area contributed by atoms with Crippen molar-refractivity contribution in [1.82, 2.24) is 10.6 Å². The molecule has 0 saturated heterocycles. The molecule has 0 fully saturated rings. The number of methoxy groups -OCH3 is 2. The summed E-state index contributed by atoms with van der Waals surface area (Å²) < 4.78 is 8.54. The molecular weight excluding hydrogens is 480 g/mol. The number of carbonyl (C=O) groups is 1. The first-order chi connectivity index (χ1) is 13.6. The van der Waals surface area contributed by atoms with E-state index in [1.807, 2.05) is 0 Å². The van der Waals surface area contributed by atoms with Gasteiger partial charge in [0.1, 0.15) is 6.17 Å². The van der Waals surface area contributed by atoms with E-state index in [4.69, 9.17) is 68.1 Å². The summed E-state index contributed by atoms with van der Waals surface area (Å²) in [4.78, 5) is 12.5. The first kappa shape index (κ1) is 23.6. The molecular formula is C18H17Cl4N3O3S. The zero-order chi connectivity index (χ0) is 21.6. The molecule has 156 valence electrons. The lowest BCUT2D eigenvalue weighted by Gasteiger charge is -2.28. The van der Waals surface area contributed by atoms with Crippen LogP contribution >= 0.6 is 58.6 Å². The second-order valence-electron chi connectivity index (χ2n) is 5.63. The van der Waals surface area contributed by atoms with E-state index in [9.17, 15) is 4.79 Å². The fraction of sp³-hybridized carbons (Fsp3) is 0.222. The number of hydrogen-bond donors (Lipinski definition) is 3. The summed E-state index contributed by atoms with van der Waals surface area (Å²) in [6.45, 7) is 0. The Bertz CT molecular complexity index is 893. The highest BCUT2D eigenvalue weighted by molar-refractivity contribution is 7.80. The number of amides is 1. The van der Waals surface area contributed by atoms with Gasteiger partial charge in [-0.05, 0) is 42.5 Å². The Morgan fingerprint density at radius 2 is 1.72 bits per heavy atom. The second-order valence-corrected chi connectivity index (χ2v) is 8.84. The summed E-state index contributed by atoms with van der Waals surface area (Å²) >= 11 is 29.2. The molecule has 2 aromatic rings. The number of hydrogen-bond acceptors (Lipinski definition) is 4. The fourth-order valence-electron chi connectivity index (χ4n) is 2.26. The van der Waals surface area contributed by atoms with Crippen molar-refractivity contribution >= 4 is 75.3 Å². The van der Waals surface area contributed by atoms with E-state index < -0.39 is 15.9 Å². The van der Waals surface area contributed by atoms with Crippen molar-refractivity contribution in [1.29, 1.82) is 0 Å². The third-order valence-corrected chi connectivity index (χ3v) is 4.72. The molecule has 0 bridgehead atoms. The highest BCUT2D eigenvalue weighted by Crippen LogP contribution is 2.31. The van der Waals surface area contributed by atoms with E-state index in [2.05, 4.69) is 16.0 Å². The molecule has 0 radical (unpaired) electrons. The van der Waals surface area contributed by atoms with Crippen LogP contribution in [0.25, 0.3) is 0 Å². The molecule has 11 heteroatoms. The predicted octanol–water partition coefficient (Wildman–Crippen LogP) is 4.77. The second kappa shape index (κ2) is 10.4. The van der Waals surface area contributed by atoms with Gasteiger partial charge < -0.3 is 25.4 Å². The number of rotatable bonds is 6. The number of thiocarbonyl (C=S) groups is 1. The Hall–Kier alpha value is -1.64. The topological polar surface area (TPSA) is 71.6 Å². The molecule has 1 atom stereocenters. The molecule has 6 nitrogen and oxygen atoms in total.